The molecule has 2 saturated carbocycles. The Morgan fingerprint density at radius 2 is 1.29 bits per heavy atom. The van der Waals surface area contributed by atoms with Gasteiger partial charge in [0.15, 0.2) is 0 Å². The summed E-state index contributed by atoms with van der Waals surface area (Å²) >= 11 is 18.7. The molecule has 0 radical (unpaired) electrons. The first-order valence-electron chi connectivity index (χ1n) is 5.26. The molecule has 0 aromatic carbocycles. The van der Waals surface area contributed by atoms with Crippen molar-refractivity contribution >= 4 is 50.5 Å². The monoisotopic (exact) mass is 266 g/mol. The molecule has 0 aromatic rings. The maximum atomic E-state index is 4.90. The van der Waals surface area contributed by atoms with Gasteiger partial charge in [-0.15, -0.1) is 0 Å². The zero-order chi connectivity index (χ0) is 10.4. The van der Waals surface area contributed by atoms with Gasteiger partial charge in [0.1, 0.15) is 0 Å². The minimum atomic E-state index is 0.134. The van der Waals surface area contributed by atoms with E-state index in [0.717, 1.165) is 25.7 Å². The highest BCUT2D eigenvalue weighted by atomic mass is 32.1. The Morgan fingerprint density at radius 3 is 1.71 bits per heavy atom. The summed E-state index contributed by atoms with van der Waals surface area (Å²) in [5, 5.41) is 1.13. The Morgan fingerprint density at radius 1 is 0.786 bits per heavy atom. The third kappa shape index (κ3) is 1.96. The van der Waals surface area contributed by atoms with Crippen molar-refractivity contribution in [1.29, 1.82) is 0 Å². The van der Waals surface area contributed by atoms with E-state index >= 15 is 0 Å². The standard InChI is InChI=1S/C10H18S4/c11-7-1-3-9(13,4-2-7)10(14)5-8(12)6-10/h7-8,11-14H,1-6H2. The molecule has 0 spiro atoms. The molecular formula is C10H18S4. The summed E-state index contributed by atoms with van der Waals surface area (Å²) < 4.78 is 0.269. The highest BCUT2D eigenvalue weighted by molar-refractivity contribution is 7.87. The molecule has 4 heteroatoms. The molecule has 0 aromatic heterocycles. The van der Waals surface area contributed by atoms with Crippen molar-refractivity contribution in [2.24, 2.45) is 0 Å². The van der Waals surface area contributed by atoms with Crippen LogP contribution < -0.4 is 0 Å². The average Bonchev–Trinajstić information content (AvgIpc) is 2.08. The van der Waals surface area contributed by atoms with Crippen molar-refractivity contribution in [3.05, 3.63) is 0 Å². The van der Waals surface area contributed by atoms with E-state index in [1.807, 2.05) is 0 Å². The topological polar surface area (TPSA) is 0 Å². The molecule has 0 N–H and O–H groups in total. The lowest BCUT2D eigenvalue weighted by Crippen LogP contribution is -2.57. The predicted molar refractivity (Wildman–Crippen MR) is 76.7 cm³/mol. The fourth-order valence-corrected chi connectivity index (χ4v) is 4.92. The molecule has 0 aliphatic heterocycles. The summed E-state index contributed by atoms with van der Waals surface area (Å²) in [5.41, 5.74) is 0. The van der Waals surface area contributed by atoms with E-state index in [9.17, 15) is 0 Å². The lowest BCUT2D eigenvalue weighted by atomic mass is 9.68. The second kappa shape index (κ2) is 4.01. The Kier molecular flexibility index (Phi) is 3.40. The van der Waals surface area contributed by atoms with Crippen molar-refractivity contribution < 1.29 is 0 Å². The van der Waals surface area contributed by atoms with Crippen molar-refractivity contribution in [2.75, 3.05) is 0 Å². The summed E-state index contributed by atoms with van der Waals surface area (Å²) in [6, 6.07) is 0. The van der Waals surface area contributed by atoms with Crippen LogP contribution in [0, 0.1) is 0 Å². The van der Waals surface area contributed by atoms with Gasteiger partial charge in [-0.05, 0) is 38.5 Å². The molecule has 82 valence electrons. The SMILES string of the molecule is SC1CCC(S)(C2(S)CC(S)C2)CC1. The van der Waals surface area contributed by atoms with Gasteiger partial charge in [-0.3, -0.25) is 0 Å². The molecule has 2 rings (SSSR count). The van der Waals surface area contributed by atoms with Crippen LogP contribution in [0.4, 0.5) is 0 Å². The van der Waals surface area contributed by atoms with Gasteiger partial charge in [0.2, 0.25) is 0 Å². The van der Waals surface area contributed by atoms with Gasteiger partial charge < -0.3 is 0 Å². The van der Waals surface area contributed by atoms with Crippen LogP contribution >= 0.6 is 50.5 Å². The van der Waals surface area contributed by atoms with E-state index in [1.54, 1.807) is 0 Å². The molecule has 0 bridgehead atoms. The van der Waals surface area contributed by atoms with Crippen molar-refractivity contribution in [2.45, 2.75) is 58.5 Å². The van der Waals surface area contributed by atoms with Gasteiger partial charge in [-0.2, -0.15) is 50.5 Å². The number of hydrogen-bond acceptors (Lipinski definition) is 4. The second-order valence-corrected chi connectivity index (χ2v) is 8.03. The fraction of sp³-hybridized carbons (Fsp3) is 1.00. The fourth-order valence-electron chi connectivity index (χ4n) is 2.65. The summed E-state index contributed by atoms with van der Waals surface area (Å²) in [6.45, 7) is 0. The molecular weight excluding hydrogens is 248 g/mol. The number of rotatable bonds is 1. The summed E-state index contributed by atoms with van der Waals surface area (Å²) in [6.07, 6.45) is 6.92. The van der Waals surface area contributed by atoms with Gasteiger partial charge in [-0.25, -0.2) is 0 Å². The van der Waals surface area contributed by atoms with Gasteiger partial charge in [0.05, 0.1) is 0 Å². The Bertz CT molecular complexity index is 214. The molecule has 2 fully saturated rings. The summed E-state index contributed by atoms with van der Waals surface area (Å²) in [4.78, 5) is 0. The molecule has 2 aliphatic carbocycles. The van der Waals surface area contributed by atoms with Crippen molar-refractivity contribution in [3.8, 4) is 0 Å². The molecule has 0 amide bonds. The lowest BCUT2D eigenvalue weighted by Gasteiger charge is -2.55. The van der Waals surface area contributed by atoms with Crippen molar-refractivity contribution in [3.63, 3.8) is 0 Å². The zero-order valence-electron chi connectivity index (χ0n) is 8.19. The van der Waals surface area contributed by atoms with E-state index in [4.69, 9.17) is 25.3 Å². The van der Waals surface area contributed by atoms with E-state index in [2.05, 4.69) is 25.3 Å². The number of hydrogen-bond donors (Lipinski definition) is 4. The first-order chi connectivity index (χ1) is 6.45. The summed E-state index contributed by atoms with van der Waals surface area (Å²) in [5.74, 6) is 0. The van der Waals surface area contributed by atoms with Crippen LogP contribution in [0.3, 0.4) is 0 Å². The normalized spacial score (nSPS) is 54.0. The van der Waals surface area contributed by atoms with Gasteiger partial charge in [0, 0.05) is 20.0 Å². The van der Waals surface area contributed by atoms with E-state index in [0.29, 0.717) is 10.5 Å². The second-order valence-electron chi connectivity index (χ2n) is 4.86. The molecule has 14 heavy (non-hydrogen) atoms. The smallest absolute Gasteiger partial charge is 0.0295 e. The van der Waals surface area contributed by atoms with Crippen LogP contribution in [0.2, 0.25) is 0 Å². The van der Waals surface area contributed by atoms with Crippen LogP contribution in [-0.2, 0) is 0 Å². The first-order valence-corrected chi connectivity index (χ1v) is 7.19. The zero-order valence-corrected chi connectivity index (χ0v) is 11.8. The molecule has 0 nitrogen and oxygen atoms in total. The van der Waals surface area contributed by atoms with Crippen LogP contribution in [0.5, 0.6) is 0 Å². The lowest BCUT2D eigenvalue weighted by molar-refractivity contribution is 0.243. The molecule has 2 aliphatic rings. The molecule has 0 atom stereocenters. The minimum absolute atomic E-state index is 0.134. The summed E-state index contributed by atoms with van der Waals surface area (Å²) in [7, 11) is 0. The van der Waals surface area contributed by atoms with Crippen molar-refractivity contribution in [1.82, 2.24) is 0 Å². The third-order valence-corrected chi connectivity index (χ3v) is 6.52. The highest BCUT2D eigenvalue weighted by Gasteiger charge is 2.54. The minimum Gasteiger partial charge on any atom is -0.176 e. The molecule has 0 heterocycles. The molecule has 0 saturated heterocycles. The van der Waals surface area contributed by atoms with E-state index < -0.39 is 0 Å². The molecule has 0 unspecified atom stereocenters. The quantitative estimate of drug-likeness (QED) is 0.514. The number of thiol groups is 4. The van der Waals surface area contributed by atoms with Crippen LogP contribution in [-0.4, -0.2) is 20.0 Å². The largest absolute Gasteiger partial charge is 0.176 e. The highest BCUT2D eigenvalue weighted by Crippen LogP contribution is 2.56. The average molecular weight is 267 g/mol. The van der Waals surface area contributed by atoms with E-state index in [1.165, 1.54) is 12.8 Å². The first kappa shape index (κ1) is 11.9. The van der Waals surface area contributed by atoms with Crippen LogP contribution in [0.25, 0.3) is 0 Å². The Balaban J connectivity index is 2.02. The maximum absolute atomic E-state index is 4.90. The van der Waals surface area contributed by atoms with Gasteiger partial charge >= 0.3 is 0 Å². The Hall–Kier alpha value is 1.40. The van der Waals surface area contributed by atoms with Crippen LogP contribution in [0.15, 0.2) is 0 Å². The predicted octanol–water partition coefficient (Wildman–Crippen LogP) is 3.29. The Labute approximate surface area is 109 Å². The van der Waals surface area contributed by atoms with Gasteiger partial charge in [-0.1, -0.05) is 0 Å². The van der Waals surface area contributed by atoms with Crippen LogP contribution in [0.1, 0.15) is 38.5 Å². The van der Waals surface area contributed by atoms with E-state index in [-0.39, 0.29) is 9.49 Å². The van der Waals surface area contributed by atoms with Gasteiger partial charge in [0.25, 0.3) is 0 Å². The third-order valence-electron chi connectivity index (χ3n) is 3.80. The maximum Gasteiger partial charge on any atom is 0.0295 e.